The SMILES string of the molecule is COc1ccc([N+](=O)[O-])cc1/C=C1/SC(=S)N(NC(=O)c2cccs2)C1=O. The van der Waals surface area contributed by atoms with E-state index in [1.165, 1.54) is 42.7 Å². The van der Waals surface area contributed by atoms with E-state index in [4.69, 9.17) is 17.0 Å². The van der Waals surface area contributed by atoms with Crippen molar-refractivity contribution in [2.24, 2.45) is 0 Å². The molecule has 0 aliphatic carbocycles. The zero-order valence-corrected chi connectivity index (χ0v) is 16.2. The zero-order valence-electron chi connectivity index (χ0n) is 13.7. The number of thiophene rings is 1. The summed E-state index contributed by atoms with van der Waals surface area (Å²) < 4.78 is 5.34. The molecule has 8 nitrogen and oxygen atoms in total. The van der Waals surface area contributed by atoms with Gasteiger partial charge in [-0.1, -0.05) is 17.8 Å². The second kappa shape index (κ2) is 7.86. The number of hydrogen-bond acceptors (Lipinski definition) is 8. The highest BCUT2D eigenvalue weighted by molar-refractivity contribution is 8.26. The van der Waals surface area contributed by atoms with Gasteiger partial charge >= 0.3 is 0 Å². The van der Waals surface area contributed by atoms with Crippen LogP contribution in [-0.2, 0) is 4.79 Å². The Morgan fingerprint density at radius 2 is 2.19 bits per heavy atom. The minimum Gasteiger partial charge on any atom is -0.496 e. The number of thiocarbonyl (C=S) groups is 1. The maximum atomic E-state index is 12.6. The predicted molar refractivity (Wildman–Crippen MR) is 106 cm³/mol. The number of nitrogens with one attached hydrogen (secondary N) is 1. The van der Waals surface area contributed by atoms with E-state index in [-0.39, 0.29) is 14.9 Å². The molecule has 0 unspecified atom stereocenters. The van der Waals surface area contributed by atoms with Gasteiger partial charge < -0.3 is 4.74 Å². The molecule has 2 heterocycles. The van der Waals surface area contributed by atoms with Crippen molar-refractivity contribution in [2.75, 3.05) is 7.11 Å². The summed E-state index contributed by atoms with van der Waals surface area (Å²) in [5.74, 6) is -0.604. The fraction of sp³-hybridized carbons (Fsp3) is 0.0625. The summed E-state index contributed by atoms with van der Waals surface area (Å²) in [5, 5.41) is 13.7. The molecule has 0 atom stereocenters. The maximum absolute atomic E-state index is 12.6. The van der Waals surface area contributed by atoms with Crippen molar-refractivity contribution in [3.63, 3.8) is 0 Å². The van der Waals surface area contributed by atoms with Gasteiger partial charge in [0.05, 0.1) is 21.8 Å². The summed E-state index contributed by atoms with van der Waals surface area (Å²) in [4.78, 5) is 35.9. The number of hydrazine groups is 1. The Bertz CT molecular complexity index is 972. The van der Waals surface area contributed by atoms with Crippen molar-refractivity contribution < 1.29 is 19.2 Å². The third-order valence-corrected chi connectivity index (χ3v) is 5.63. The minimum atomic E-state index is -0.538. The van der Waals surface area contributed by atoms with E-state index in [0.717, 1.165) is 16.8 Å². The van der Waals surface area contributed by atoms with Gasteiger partial charge in [-0.05, 0) is 35.8 Å². The fourth-order valence-corrected chi connectivity index (χ4v) is 4.00. The van der Waals surface area contributed by atoms with Crippen LogP contribution in [-0.4, -0.2) is 33.2 Å². The average Bonchev–Trinajstić information content (AvgIpc) is 3.26. The van der Waals surface area contributed by atoms with Crippen molar-refractivity contribution in [2.45, 2.75) is 0 Å². The van der Waals surface area contributed by atoms with Gasteiger partial charge in [0.25, 0.3) is 17.5 Å². The summed E-state index contributed by atoms with van der Waals surface area (Å²) >= 11 is 7.38. The van der Waals surface area contributed by atoms with E-state index >= 15 is 0 Å². The molecule has 1 aliphatic rings. The molecule has 0 spiro atoms. The second-order valence-corrected chi connectivity index (χ2v) is 7.74. The molecular formula is C16H11N3O5S3. The Labute approximate surface area is 166 Å². The van der Waals surface area contributed by atoms with E-state index in [0.29, 0.717) is 16.2 Å². The molecule has 0 radical (unpaired) electrons. The lowest BCUT2D eigenvalue weighted by molar-refractivity contribution is -0.384. The first kappa shape index (κ1) is 19.0. The summed E-state index contributed by atoms with van der Waals surface area (Å²) in [5.41, 5.74) is 2.69. The normalized spacial score (nSPS) is 15.3. The Morgan fingerprint density at radius 3 is 2.81 bits per heavy atom. The van der Waals surface area contributed by atoms with Gasteiger partial charge in [-0.2, -0.15) is 5.01 Å². The number of nitro benzene ring substituents is 1. The van der Waals surface area contributed by atoms with Crippen LogP contribution in [0, 0.1) is 10.1 Å². The number of amides is 2. The highest BCUT2D eigenvalue weighted by Crippen LogP contribution is 2.34. The van der Waals surface area contributed by atoms with Crippen LogP contribution in [0.25, 0.3) is 6.08 Å². The summed E-state index contributed by atoms with van der Waals surface area (Å²) in [6.07, 6.45) is 1.45. The molecule has 27 heavy (non-hydrogen) atoms. The molecule has 138 valence electrons. The molecule has 1 aromatic heterocycles. The van der Waals surface area contributed by atoms with Gasteiger partial charge in [0.2, 0.25) is 0 Å². The van der Waals surface area contributed by atoms with Gasteiger partial charge in [-0.3, -0.25) is 25.1 Å². The average molecular weight is 421 g/mol. The molecule has 11 heteroatoms. The minimum absolute atomic E-state index is 0.136. The second-order valence-electron chi connectivity index (χ2n) is 5.12. The van der Waals surface area contributed by atoms with Gasteiger partial charge in [-0.25, -0.2) is 0 Å². The van der Waals surface area contributed by atoms with Crippen LogP contribution in [0.4, 0.5) is 5.69 Å². The number of non-ortho nitro benzene ring substituents is 1. The summed E-state index contributed by atoms with van der Waals surface area (Å²) in [7, 11) is 1.42. The molecule has 1 aliphatic heterocycles. The molecule has 1 fully saturated rings. The quantitative estimate of drug-likeness (QED) is 0.342. The van der Waals surface area contributed by atoms with Crippen LogP contribution >= 0.6 is 35.3 Å². The van der Waals surface area contributed by atoms with Crippen LogP contribution in [0.1, 0.15) is 15.2 Å². The lowest BCUT2D eigenvalue weighted by Crippen LogP contribution is -2.44. The third-order valence-electron chi connectivity index (χ3n) is 3.46. The highest BCUT2D eigenvalue weighted by atomic mass is 32.2. The van der Waals surface area contributed by atoms with Crippen LogP contribution in [0.15, 0.2) is 40.6 Å². The number of nitrogens with zero attached hydrogens (tertiary/aromatic N) is 2. The molecule has 0 saturated carbocycles. The standard InChI is InChI=1S/C16H11N3O5S3/c1-24-11-5-4-10(19(22)23)7-9(11)8-13-15(21)18(16(25)27-13)17-14(20)12-3-2-6-26-12/h2-8H,1H3,(H,17,20)/b13-8+. The molecule has 1 saturated heterocycles. The molecule has 0 bridgehead atoms. The van der Waals surface area contributed by atoms with Crippen molar-refractivity contribution in [3.05, 3.63) is 61.2 Å². The van der Waals surface area contributed by atoms with Crippen LogP contribution in [0.2, 0.25) is 0 Å². The lowest BCUT2D eigenvalue weighted by atomic mass is 10.1. The number of carbonyl (C=O) groups excluding carboxylic acids is 2. The number of hydrogen-bond donors (Lipinski definition) is 1. The highest BCUT2D eigenvalue weighted by Gasteiger charge is 2.34. The Morgan fingerprint density at radius 1 is 1.41 bits per heavy atom. The fourth-order valence-electron chi connectivity index (χ4n) is 2.22. The third kappa shape index (κ3) is 3.99. The van der Waals surface area contributed by atoms with Gasteiger partial charge in [-0.15, -0.1) is 11.3 Å². The number of benzene rings is 1. The first-order valence-electron chi connectivity index (χ1n) is 7.35. The number of carbonyl (C=O) groups is 2. The number of methoxy groups -OCH3 is 1. The van der Waals surface area contributed by atoms with E-state index in [2.05, 4.69) is 5.43 Å². The van der Waals surface area contributed by atoms with E-state index in [1.54, 1.807) is 17.5 Å². The van der Waals surface area contributed by atoms with Crippen molar-refractivity contribution in [3.8, 4) is 5.75 Å². The largest absolute Gasteiger partial charge is 0.496 e. The van der Waals surface area contributed by atoms with E-state index in [9.17, 15) is 19.7 Å². The van der Waals surface area contributed by atoms with Crippen molar-refractivity contribution >= 4 is 63.2 Å². The molecule has 2 aromatic rings. The zero-order chi connectivity index (χ0) is 19.6. The van der Waals surface area contributed by atoms with Crippen molar-refractivity contribution in [1.29, 1.82) is 0 Å². The summed E-state index contributed by atoms with van der Waals surface area (Å²) in [6, 6.07) is 7.40. The van der Waals surface area contributed by atoms with E-state index in [1.807, 2.05) is 0 Å². The monoisotopic (exact) mass is 421 g/mol. The number of nitro groups is 1. The van der Waals surface area contributed by atoms with Crippen LogP contribution in [0.5, 0.6) is 5.75 Å². The Hall–Kier alpha value is -2.76. The Balaban J connectivity index is 1.87. The van der Waals surface area contributed by atoms with Gasteiger partial charge in [0.15, 0.2) is 4.32 Å². The van der Waals surface area contributed by atoms with Gasteiger partial charge in [0.1, 0.15) is 5.75 Å². The molecule has 1 aromatic carbocycles. The Kier molecular flexibility index (Phi) is 5.54. The maximum Gasteiger partial charge on any atom is 0.285 e. The topological polar surface area (TPSA) is 102 Å². The number of thioether (sulfide) groups is 1. The van der Waals surface area contributed by atoms with Crippen LogP contribution in [0.3, 0.4) is 0 Å². The summed E-state index contributed by atoms with van der Waals surface area (Å²) in [6.45, 7) is 0. The first-order chi connectivity index (χ1) is 12.9. The molecule has 2 amide bonds. The molecule has 3 rings (SSSR count). The van der Waals surface area contributed by atoms with Crippen LogP contribution < -0.4 is 10.2 Å². The molecular weight excluding hydrogens is 410 g/mol. The number of ether oxygens (including phenoxy) is 1. The predicted octanol–water partition coefficient (Wildman–Crippen LogP) is 3.21. The number of rotatable bonds is 5. The van der Waals surface area contributed by atoms with Gasteiger partial charge in [0, 0.05) is 17.7 Å². The van der Waals surface area contributed by atoms with Crippen molar-refractivity contribution in [1.82, 2.24) is 10.4 Å². The first-order valence-corrected chi connectivity index (χ1v) is 9.46. The smallest absolute Gasteiger partial charge is 0.285 e. The van der Waals surface area contributed by atoms with E-state index < -0.39 is 16.7 Å². The molecule has 1 N–H and O–H groups in total. The lowest BCUT2D eigenvalue weighted by Gasteiger charge is -2.14.